The molecule has 0 spiro atoms. The van der Waals surface area contributed by atoms with Gasteiger partial charge in [0.1, 0.15) is 0 Å². The van der Waals surface area contributed by atoms with Gasteiger partial charge in [-0.25, -0.2) is 0 Å². The second-order valence-electron chi connectivity index (χ2n) is 3.57. The molecule has 2 aliphatic rings. The minimum atomic E-state index is 0.576. The van der Waals surface area contributed by atoms with E-state index in [2.05, 4.69) is 47.1 Å². The Bertz CT molecular complexity index is 420. The molecule has 0 radical (unpaired) electrons. The first-order chi connectivity index (χ1) is 6.93. The Labute approximate surface area is 87.9 Å². The fourth-order valence-corrected chi connectivity index (χ4v) is 2.82. The van der Waals surface area contributed by atoms with Crippen molar-refractivity contribution in [3.8, 4) is 0 Å². The molecule has 1 N–H and O–H groups in total. The summed E-state index contributed by atoms with van der Waals surface area (Å²) in [6.07, 6.45) is 4.57. The zero-order valence-electron chi connectivity index (χ0n) is 7.73. The van der Waals surface area contributed by atoms with E-state index in [9.17, 15) is 0 Å². The van der Waals surface area contributed by atoms with Crippen molar-refractivity contribution in [3.05, 3.63) is 46.2 Å². The average molecular weight is 201 g/mol. The van der Waals surface area contributed by atoms with Crippen LogP contribution in [0.2, 0.25) is 0 Å². The molecule has 0 saturated heterocycles. The molecule has 2 heterocycles. The molecule has 2 heteroatoms. The van der Waals surface area contributed by atoms with E-state index in [1.807, 2.05) is 11.8 Å². The van der Waals surface area contributed by atoms with Crippen molar-refractivity contribution in [3.63, 3.8) is 0 Å². The van der Waals surface area contributed by atoms with Crippen molar-refractivity contribution in [1.82, 2.24) is 0 Å². The van der Waals surface area contributed by atoms with Crippen molar-refractivity contribution in [2.45, 2.75) is 0 Å². The number of fused-ring (bicyclic) bond motifs is 2. The lowest BCUT2D eigenvalue weighted by Crippen LogP contribution is -2.09. The molecule has 0 amide bonds. The molecule has 1 unspecified atom stereocenters. The summed E-state index contributed by atoms with van der Waals surface area (Å²) in [4.78, 5) is 1.46. The maximum Gasteiger partial charge on any atom is 0.0414 e. The molecule has 1 nitrogen and oxygen atoms in total. The molecule has 0 aromatic heterocycles. The molecule has 2 aliphatic heterocycles. The Hall–Kier alpha value is -1.15. The molecule has 1 aromatic rings. The molecule has 0 saturated carbocycles. The van der Waals surface area contributed by atoms with Gasteiger partial charge in [-0.15, -0.1) is 11.8 Å². The second-order valence-corrected chi connectivity index (χ2v) is 4.55. The first-order valence-corrected chi connectivity index (χ1v) is 5.69. The van der Waals surface area contributed by atoms with Crippen LogP contribution in [0, 0.1) is 5.92 Å². The number of nitrogens with one attached hydrogen (secondary N) is 1. The van der Waals surface area contributed by atoms with Gasteiger partial charge in [-0.1, -0.05) is 24.3 Å². The molecule has 14 heavy (non-hydrogen) atoms. The number of thioether (sulfide) groups is 1. The van der Waals surface area contributed by atoms with Crippen LogP contribution in [-0.4, -0.2) is 6.54 Å². The summed E-state index contributed by atoms with van der Waals surface area (Å²) in [5.74, 6) is 0.576. The molecule has 1 atom stereocenters. The normalized spacial score (nSPS) is 23.1. The Morgan fingerprint density at radius 2 is 2.21 bits per heavy atom. The minimum absolute atomic E-state index is 0.576. The van der Waals surface area contributed by atoms with E-state index >= 15 is 0 Å². The molecule has 70 valence electrons. The molecular weight excluding hydrogens is 190 g/mol. The van der Waals surface area contributed by atoms with Crippen molar-refractivity contribution >= 4 is 23.5 Å². The van der Waals surface area contributed by atoms with Crippen molar-refractivity contribution in [2.75, 3.05) is 11.9 Å². The Kier molecular flexibility index (Phi) is 1.88. The number of hydrogen-bond acceptors (Lipinski definition) is 2. The van der Waals surface area contributed by atoms with E-state index < -0.39 is 0 Å². The van der Waals surface area contributed by atoms with Crippen molar-refractivity contribution in [1.29, 1.82) is 0 Å². The molecule has 0 fully saturated rings. The third kappa shape index (κ3) is 1.26. The quantitative estimate of drug-likeness (QED) is 0.691. The van der Waals surface area contributed by atoms with Gasteiger partial charge in [0.05, 0.1) is 0 Å². The summed E-state index contributed by atoms with van der Waals surface area (Å²) in [6.45, 7) is 1.02. The van der Waals surface area contributed by atoms with Crippen LogP contribution in [0.15, 0.2) is 40.7 Å². The Morgan fingerprint density at radius 3 is 3.21 bits per heavy atom. The van der Waals surface area contributed by atoms with E-state index in [0.717, 1.165) is 6.54 Å². The molecule has 3 rings (SSSR count). The summed E-state index contributed by atoms with van der Waals surface area (Å²) >= 11 is 1.84. The fourth-order valence-electron chi connectivity index (χ4n) is 1.86. The summed E-state index contributed by atoms with van der Waals surface area (Å²) < 4.78 is 0. The number of anilines is 1. The van der Waals surface area contributed by atoms with Gasteiger partial charge in [-0.3, -0.25) is 0 Å². The second kappa shape index (κ2) is 3.21. The van der Waals surface area contributed by atoms with Crippen molar-refractivity contribution < 1.29 is 0 Å². The predicted molar refractivity (Wildman–Crippen MR) is 63.1 cm³/mol. The van der Waals surface area contributed by atoms with E-state index in [1.54, 1.807) is 0 Å². The van der Waals surface area contributed by atoms with Gasteiger partial charge in [-0.2, -0.15) is 0 Å². The highest BCUT2D eigenvalue weighted by Crippen LogP contribution is 2.38. The summed E-state index contributed by atoms with van der Waals surface area (Å²) in [5, 5.41) is 5.67. The van der Waals surface area contributed by atoms with Gasteiger partial charge in [0.2, 0.25) is 0 Å². The van der Waals surface area contributed by atoms with Gasteiger partial charge in [0.15, 0.2) is 0 Å². The van der Waals surface area contributed by atoms with Crippen LogP contribution in [-0.2, 0) is 0 Å². The molecular formula is C12H11NS. The highest BCUT2D eigenvalue weighted by atomic mass is 32.2. The Balaban J connectivity index is 2.08. The predicted octanol–water partition coefficient (Wildman–Crippen LogP) is 3.33. The van der Waals surface area contributed by atoms with E-state index in [0.29, 0.717) is 5.92 Å². The molecule has 1 aromatic carbocycles. The van der Waals surface area contributed by atoms with E-state index in [1.165, 1.54) is 16.2 Å². The number of hydrogen-bond donors (Lipinski definition) is 1. The fraction of sp³-hybridized carbons (Fsp3) is 0.167. The molecule has 0 bridgehead atoms. The van der Waals surface area contributed by atoms with Crippen LogP contribution >= 0.6 is 11.8 Å². The number of benzene rings is 1. The van der Waals surface area contributed by atoms with Crippen molar-refractivity contribution in [2.24, 2.45) is 5.92 Å². The van der Waals surface area contributed by atoms with Crippen LogP contribution in [0.3, 0.4) is 0 Å². The maximum atomic E-state index is 3.48. The van der Waals surface area contributed by atoms with Gasteiger partial charge in [0.25, 0.3) is 0 Å². The van der Waals surface area contributed by atoms with Gasteiger partial charge in [0, 0.05) is 18.2 Å². The third-order valence-electron chi connectivity index (χ3n) is 2.65. The zero-order chi connectivity index (χ0) is 9.38. The first-order valence-electron chi connectivity index (χ1n) is 4.81. The topological polar surface area (TPSA) is 12.0 Å². The SMILES string of the molecule is C1=CC2CNc3ccccc3C=C2S1. The number of para-hydroxylation sites is 1. The zero-order valence-corrected chi connectivity index (χ0v) is 8.55. The smallest absolute Gasteiger partial charge is 0.0414 e. The van der Waals surface area contributed by atoms with Crippen LogP contribution < -0.4 is 5.32 Å². The highest BCUT2D eigenvalue weighted by Gasteiger charge is 2.19. The minimum Gasteiger partial charge on any atom is -0.384 e. The van der Waals surface area contributed by atoms with Crippen LogP contribution in [0.1, 0.15) is 5.56 Å². The Morgan fingerprint density at radius 1 is 1.29 bits per heavy atom. The standard InChI is InChI=1S/C12H11NS/c1-2-4-11-9(3-1)7-12-10(8-13-11)5-6-14-12/h1-7,10,13H,8H2. The average Bonchev–Trinajstić information content (AvgIpc) is 2.58. The van der Waals surface area contributed by atoms with Gasteiger partial charge < -0.3 is 5.32 Å². The summed E-state index contributed by atoms with van der Waals surface area (Å²) in [5.41, 5.74) is 2.56. The maximum absolute atomic E-state index is 3.48. The lowest BCUT2D eigenvalue weighted by Gasteiger charge is -2.08. The first kappa shape index (κ1) is 8.18. The highest BCUT2D eigenvalue weighted by molar-refractivity contribution is 8.06. The van der Waals surface area contributed by atoms with Crippen LogP contribution in [0.4, 0.5) is 5.69 Å². The number of rotatable bonds is 0. The summed E-state index contributed by atoms with van der Waals surface area (Å²) in [7, 11) is 0. The lowest BCUT2D eigenvalue weighted by molar-refractivity contribution is 0.863. The van der Waals surface area contributed by atoms with Gasteiger partial charge in [-0.05, 0) is 28.0 Å². The summed E-state index contributed by atoms with van der Waals surface area (Å²) in [6, 6.07) is 8.47. The van der Waals surface area contributed by atoms with Crippen LogP contribution in [0.25, 0.3) is 6.08 Å². The third-order valence-corrected chi connectivity index (χ3v) is 3.64. The molecule has 0 aliphatic carbocycles. The lowest BCUT2D eigenvalue weighted by atomic mass is 10.1. The van der Waals surface area contributed by atoms with E-state index in [-0.39, 0.29) is 0 Å². The van der Waals surface area contributed by atoms with E-state index in [4.69, 9.17) is 0 Å². The largest absolute Gasteiger partial charge is 0.384 e. The monoisotopic (exact) mass is 201 g/mol. The van der Waals surface area contributed by atoms with Gasteiger partial charge >= 0.3 is 0 Å². The van der Waals surface area contributed by atoms with Crippen LogP contribution in [0.5, 0.6) is 0 Å².